The van der Waals surface area contributed by atoms with Gasteiger partial charge in [-0.05, 0) is 30.3 Å². The SMILES string of the molecule is COc1ccccc1-c1ccc(N2CCN(C(=O)c3cccc([N+](=O)[O-])c3)CC2)nn1. The minimum Gasteiger partial charge on any atom is -0.496 e. The largest absolute Gasteiger partial charge is 0.496 e. The molecular formula is C22H21N5O4. The molecule has 31 heavy (non-hydrogen) atoms. The van der Waals surface area contributed by atoms with Crippen LogP contribution in [-0.2, 0) is 0 Å². The maximum absolute atomic E-state index is 12.7. The number of nitro benzene ring substituents is 1. The zero-order chi connectivity index (χ0) is 21.8. The Morgan fingerprint density at radius 3 is 2.45 bits per heavy atom. The predicted octanol–water partition coefficient (Wildman–Crippen LogP) is 3.02. The van der Waals surface area contributed by atoms with Crippen LogP contribution in [-0.4, -0.2) is 59.2 Å². The summed E-state index contributed by atoms with van der Waals surface area (Å²) in [4.78, 5) is 26.9. The number of carbonyl (C=O) groups is 1. The summed E-state index contributed by atoms with van der Waals surface area (Å²) >= 11 is 0. The van der Waals surface area contributed by atoms with Gasteiger partial charge in [-0.2, -0.15) is 0 Å². The molecule has 9 nitrogen and oxygen atoms in total. The molecule has 2 aromatic carbocycles. The molecule has 1 fully saturated rings. The Kier molecular flexibility index (Phi) is 5.74. The number of anilines is 1. The third kappa shape index (κ3) is 4.30. The number of rotatable bonds is 5. The van der Waals surface area contributed by atoms with Crippen LogP contribution >= 0.6 is 0 Å². The van der Waals surface area contributed by atoms with Gasteiger partial charge in [-0.1, -0.05) is 18.2 Å². The molecule has 9 heteroatoms. The summed E-state index contributed by atoms with van der Waals surface area (Å²) < 4.78 is 5.38. The quantitative estimate of drug-likeness (QED) is 0.463. The molecule has 1 amide bonds. The molecule has 0 spiro atoms. The Labute approximate surface area is 179 Å². The van der Waals surface area contributed by atoms with Crippen LogP contribution in [0.1, 0.15) is 10.4 Å². The number of nitro groups is 1. The van der Waals surface area contributed by atoms with Crippen molar-refractivity contribution in [3.05, 3.63) is 76.3 Å². The summed E-state index contributed by atoms with van der Waals surface area (Å²) in [5.74, 6) is 1.26. The number of nitrogens with zero attached hydrogens (tertiary/aromatic N) is 5. The average molecular weight is 419 g/mol. The highest BCUT2D eigenvalue weighted by atomic mass is 16.6. The van der Waals surface area contributed by atoms with Crippen molar-refractivity contribution in [3.8, 4) is 17.0 Å². The molecule has 0 radical (unpaired) electrons. The van der Waals surface area contributed by atoms with Gasteiger partial charge in [-0.3, -0.25) is 14.9 Å². The second-order valence-corrected chi connectivity index (χ2v) is 7.06. The zero-order valence-electron chi connectivity index (χ0n) is 17.0. The van der Waals surface area contributed by atoms with Crippen molar-refractivity contribution < 1.29 is 14.5 Å². The van der Waals surface area contributed by atoms with E-state index in [1.54, 1.807) is 18.1 Å². The van der Waals surface area contributed by atoms with Gasteiger partial charge in [0.15, 0.2) is 5.82 Å². The average Bonchev–Trinajstić information content (AvgIpc) is 2.84. The van der Waals surface area contributed by atoms with Crippen molar-refractivity contribution in [2.24, 2.45) is 0 Å². The number of piperazine rings is 1. The van der Waals surface area contributed by atoms with E-state index in [1.165, 1.54) is 18.2 Å². The summed E-state index contributed by atoms with van der Waals surface area (Å²) in [5.41, 5.74) is 1.83. The number of carbonyl (C=O) groups excluding carboxylic acids is 1. The van der Waals surface area contributed by atoms with Gasteiger partial charge >= 0.3 is 0 Å². The van der Waals surface area contributed by atoms with E-state index in [-0.39, 0.29) is 11.6 Å². The number of para-hydroxylation sites is 1. The molecule has 1 aliphatic heterocycles. The van der Waals surface area contributed by atoms with E-state index in [9.17, 15) is 14.9 Å². The maximum atomic E-state index is 12.7. The number of hydrogen-bond donors (Lipinski definition) is 0. The van der Waals surface area contributed by atoms with Crippen molar-refractivity contribution in [2.75, 3.05) is 38.2 Å². The molecule has 0 bridgehead atoms. The third-order valence-electron chi connectivity index (χ3n) is 5.23. The van der Waals surface area contributed by atoms with E-state index < -0.39 is 4.92 Å². The van der Waals surface area contributed by atoms with Gasteiger partial charge in [-0.15, -0.1) is 10.2 Å². The number of ether oxygens (including phenoxy) is 1. The van der Waals surface area contributed by atoms with Crippen molar-refractivity contribution >= 4 is 17.4 Å². The van der Waals surface area contributed by atoms with E-state index in [2.05, 4.69) is 15.1 Å². The lowest BCUT2D eigenvalue weighted by molar-refractivity contribution is -0.384. The second kappa shape index (κ2) is 8.78. The first-order valence-electron chi connectivity index (χ1n) is 9.82. The monoisotopic (exact) mass is 419 g/mol. The molecule has 1 saturated heterocycles. The lowest BCUT2D eigenvalue weighted by Gasteiger charge is -2.35. The van der Waals surface area contributed by atoms with Crippen molar-refractivity contribution in [1.29, 1.82) is 0 Å². The van der Waals surface area contributed by atoms with E-state index in [0.717, 1.165) is 22.8 Å². The van der Waals surface area contributed by atoms with Gasteiger partial charge in [0.1, 0.15) is 5.75 Å². The molecule has 1 aromatic heterocycles. The van der Waals surface area contributed by atoms with Crippen LogP contribution in [0.4, 0.5) is 11.5 Å². The first kappa shape index (κ1) is 20.3. The first-order valence-corrected chi connectivity index (χ1v) is 9.82. The van der Waals surface area contributed by atoms with Crippen LogP contribution in [0, 0.1) is 10.1 Å². The summed E-state index contributed by atoms with van der Waals surface area (Å²) in [6, 6.07) is 17.3. The lowest BCUT2D eigenvalue weighted by atomic mass is 10.1. The number of non-ortho nitro benzene ring substituents is 1. The number of hydrogen-bond acceptors (Lipinski definition) is 7. The molecule has 0 saturated carbocycles. The summed E-state index contributed by atoms with van der Waals surface area (Å²) in [7, 11) is 1.62. The summed E-state index contributed by atoms with van der Waals surface area (Å²) in [5, 5.41) is 19.7. The Balaban J connectivity index is 1.41. The van der Waals surface area contributed by atoms with Crippen molar-refractivity contribution in [2.45, 2.75) is 0 Å². The van der Waals surface area contributed by atoms with Gasteiger partial charge in [-0.25, -0.2) is 0 Å². The van der Waals surface area contributed by atoms with E-state index >= 15 is 0 Å². The molecule has 1 aliphatic rings. The molecule has 4 rings (SSSR count). The van der Waals surface area contributed by atoms with Gasteiger partial charge < -0.3 is 14.5 Å². The Morgan fingerprint density at radius 2 is 1.77 bits per heavy atom. The number of methoxy groups -OCH3 is 1. The highest BCUT2D eigenvalue weighted by molar-refractivity contribution is 5.95. The smallest absolute Gasteiger partial charge is 0.270 e. The molecule has 0 N–H and O–H groups in total. The van der Waals surface area contributed by atoms with Crippen LogP contribution in [0.15, 0.2) is 60.7 Å². The number of amides is 1. The summed E-state index contributed by atoms with van der Waals surface area (Å²) in [6.07, 6.45) is 0. The van der Waals surface area contributed by atoms with Crippen LogP contribution in [0.3, 0.4) is 0 Å². The van der Waals surface area contributed by atoms with Crippen LogP contribution in [0.2, 0.25) is 0 Å². The molecule has 0 aliphatic carbocycles. The minimum absolute atomic E-state index is 0.0881. The predicted molar refractivity (Wildman–Crippen MR) is 115 cm³/mol. The Morgan fingerprint density at radius 1 is 1.00 bits per heavy atom. The molecular weight excluding hydrogens is 398 g/mol. The van der Waals surface area contributed by atoms with Crippen LogP contribution in [0.5, 0.6) is 5.75 Å². The van der Waals surface area contributed by atoms with Gasteiger partial charge in [0.25, 0.3) is 11.6 Å². The van der Waals surface area contributed by atoms with Crippen LogP contribution in [0.25, 0.3) is 11.3 Å². The number of aromatic nitrogens is 2. The topological polar surface area (TPSA) is 102 Å². The Bertz CT molecular complexity index is 1100. The van der Waals surface area contributed by atoms with E-state index in [1.807, 2.05) is 36.4 Å². The van der Waals surface area contributed by atoms with Gasteiger partial charge in [0, 0.05) is 49.4 Å². The third-order valence-corrected chi connectivity index (χ3v) is 5.23. The molecule has 3 aromatic rings. The molecule has 2 heterocycles. The summed E-state index contributed by atoms with van der Waals surface area (Å²) in [6.45, 7) is 2.20. The van der Waals surface area contributed by atoms with Crippen molar-refractivity contribution in [3.63, 3.8) is 0 Å². The second-order valence-electron chi connectivity index (χ2n) is 7.06. The Hall–Kier alpha value is -4.01. The highest BCUT2D eigenvalue weighted by Gasteiger charge is 2.24. The first-order chi connectivity index (χ1) is 15.1. The van der Waals surface area contributed by atoms with Crippen LogP contribution < -0.4 is 9.64 Å². The highest BCUT2D eigenvalue weighted by Crippen LogP contribution is 2.28. The fourth-order valence-corrected chi connectivity index (χ4v) is 3.57. The molecule has 158 valence electrons. The minimum atomic E-state index is -0.498. The normalized spacial score (nSPS) is 13.7. The zero-order valence-corrected chi connectivity index (χ0v) is 17.0. The number of benzene rings is 2. The van der Waals surface area contributed by atoms with E-state index in [4.69, 9.17) is 4.74 Å². The van der Waals surface area contributed by atoms with Gasteiger partial charge in [0.05, 0.1) is 17.7 Å². The standard InChI is InChI=1S/C22H21N5O4/c1-31-20-8-3-2-7-18(20)19-9-10-21(24-23-19)25-11-13-26(14-12-25)22(28)16-5-4-6-17(15-16)27(29)30/h2-10,15H,11-14H2,1H3. The fraction of sp³-hybridized carbons (Fsp3) is 0.227. The van der Waals surface area contributed by atoms with Crippen molar-refractivity contribution in [1.82, 2.24) is 15.1 Å². The lowest BCUT2D eigenvalue weighted by Crippen LogP contribution is -2.49. The van der Waals surface area contributed by atoms with Gasteiger partial charge in [0.2, 0.25) is 0 Å². The van der Waals surface area contributed by atoms with E-state index in [0.29, 0.717) is 31.7 Å². The fourth-order valence-electron chi connectivity index (χ4n) is 3.57. The molecule has 0 unspecified atom stereocenters. The maximum Gasteiger partial charge on any atom is 0.270 e. The molecule has 0 atom stereocenters.